The maximum atomic E-state index is 13.6. The van der Waals surface area contributed by atoms with E-state index < -0.39 is 22.4 Å². The average Bonchev–Trinajstić information content (AvgIpc) is 3.24. The van der Waals surface area contributed by atoms with E-state index in [0.717, 1.165) is 5.69 Å². The second-order valence-electron chi connectivity index (χ2n) is 9.64. The van der Waals surface area contributed by atoms with Crippen molar-refractivity contribution in [1.82, 2.24) is 15.1 Å². The van der Waals surface area contributed by atoms with Crippen molar-refractivity contribution in [2.24, 2.45) is 0 Å². The number of halogens is 2. The summed E-state index contributed by atoms with van der Waals surface area (Å²) in [5, 5.41) is 2.85. The van der Waals surface area contributed by atoms with Gasteiger partial charge in [0.05, 0.1) is 20.7 Å². The molecule has 3 fully saturated rings. The number of ether oxygens (including phenoxy) is 1. The lowest BCUT2D eigenvalue weighted by Crippen LogP contribution is -2.70. The Morgan fingerprint density at radius 1 is 1.19 bits per heavy atom. The first-order chi connectivity index (χ1) is 17.6. The highest BCUT2D eigenvalue weighted by Gasteiger charge is 2.51. The van der Waals surface area contributed by atoms with Crippen LogP contribution in [0.25, 0.3) is 0 Å². The number of benzene rings is 2. The minimum absolute atomic E-state index is 0.0162. The van der Waals surface area contributed by atoms with Crippen LogP contribution in [0.15, 0.2) is 47.4 Å². The third kappa shape index (κ3) is 5.15. The van der Waals surface area contributed by atoms with Gasteiger partial charge < -0.3 is 24.8 Å². The fraction of sp³-hybridized carbons (Fsp3) is 0.400. The van der Waals surface area contributed by atoms with Gasteiger partial charge in [-0.2, -0.15) is 0 Å². The van der Waals surface area contributed by atoms with Crippen molar-refractivity contribution in [1.29, 1.82) is 0 Å². The number of piperazine rings is 1. The first-order valence-corrected chi connectivity index (χ1v) is 13.6. The van der Waals surface area contributed by atoms with Gasteiger partial charge in [-0.15, -0.1) is 0 Å². The predicted octanol–water partition coefficient (Wildman–Crippen LogP) is 2.26. The highest BCUT2D eigenvalue weighted by Crippen LogP contribution is 2.28. The molecule has 1 N–H and O–H groups in total. The molecule has 1 spiro atoms. The van der Waals surface area contributed by atoms with E-state index in [1.165, 1.54) is 29.2 Å². The second kappa shape index (κ2) is 9.94. The Kier molecular flexibility index (Phi) is 6.84. The van der Waals surface area contributed by atoms with E-state index in [2.05, 4.69) is 10.2 Å². The molecule has 0 aromatic heterocycles. The topological polar surface area (TPSA) is 99.3 Å². The molecule has 3 aliphatic heterocycles. The van der Waals surface area contributed by atoms with Crippen LogP contribution in [0.1, 0.15) is 17.3 Å². The summed E-state index contributed by atoms with van der Waals surface area (Å²) in [5.74, 6) is -1.07. The standard InChI is InChI=1S/C25H26ClFN4O5S/c1-16-11-29(7-8-31(16)19-4-2-3-18(27)10-19)23(33)17-5-6-21(20(26)9-17)37(35)12-22(32)30-13-25(14-30)15-36-24(34)28-25/h2-6,9-10,16H,7-8,11-15H2,1H3,(H,28,34)/t16-,37?/m1/s1. The van der Waals surface area contributed by atoms with Crippen LogP contribution in [0.3, 0.4) is 0 Å². The Morgan fingerprint density at radius 3 is 2.62 bits per heavy atom. The van der Waals surface area contributed by atoms with Gasteiger partial charge in [0.2, 0.25) is 5.91 Å². The Morgan fingerprint density at radius 2 is 1.97 bits per heavy atom. The molecule has 12 heteroatoms. The van der Waals surface area contributed by atoms with Gasteiger partial charge >= 0.3 is 6.09 Å². The minimum Gasteiger partial charge on any atom is -0.447 e. The van der Waals surface area contributed by atoms with Crippen LogP contribution >= 0.6 is 11.6 Å². The molecule has 5 rings (SSSR count). The monoisotopic (exact) mass is 548 g/mol. The van der Waals surface area contributed by atoms with Crippen molar-refractivity contribution < 1.29 is 27.7 Å². The number of carbonyl (C=O) groups is 3. The first-order valence-electron chi connectivity index (χ1n) is 11.9. The van der Waals surface area contributed by atoms with Gasteiger partial charge in [0.15, 0.2) is 0 Å². The quantitative estimate of drug-likeness (QED) is 0.615. The van der Waals surface area contributed by atoms with Crippen molar-refractivity contribution in [3.8, 4) is 0 Å². The summed E-state index contributed by atoms with van der Waals surface area (Å²) in [5.41, 5.74) is 0.595. The summed E-state index contributed by atoms with van der Waals surface area (Å²) in [4.78, 5) is 42.5. The summed E-state index contributed by atoms with van der Waals surface area (Å²) in [6.07, 6.45) is -0.500. The number of carbonyl (C=O) groups excluding carboxylic acids is 3. The van der Waals surface area contributed by atoms with Crippen LogP contribution in [0.4, 0.5) is 14.9 Å². The summed E-state index contributed by atoms with van der Waals surface area (Å²) in [7, 11) is -1.70. The third-order valence-corrected chi connectivity index (χ3v) is 8.70. The van der Waals surface area contributed by atoms with E-state index in [1.54, 1.807) is 17.0 Å². The van der Waals surface area contributed by atoms with Gasteiger partial charge in [0.1, 0.15) is 23.7 Å². The van der Waals surface area contributed by atoms with Crippen molar-refractivity contribution >= 4 is 46.0 Å². The largest absolute Gasteiger partial charge is 0.447 e. The lowest BCUT2D eigenvalue weighted by Gasteiger charge is -2.45. The lowest BCUT2D eigenvalue weighted by molar-refractivity contribution is -0.136. The highest BCUT2D eigenvalue weighted by molar-refractivity contribution is 7.85. The molecule has 0 saturated carbocycles. The number of cyclic esters (lactones) is 1. The van der Waals surface area contributed by atoms with E-state index >= 15 is 0 Å². The summed E-state index contributed by atoms with van der Waals surface area (Å²) >= 11 is 6.38. The van der Waals surface area contributed by atoms with Gasteiger partial charge in [-0.05, 0) is 43.3 Å². The van der Waals surface area contributed by atoms with Crippen LogP contribution in [-0.4, -0.2) is 88.6 Å². The number of hydrogen-bond donors (Lipinski definition) is 1. The molecule has 3 saturated heterocycles. The molecule has 3 amide bonds. The number of likely N-dealkylation sites (tertiary alicyclic amines) is 1. The number of alkyl carbamates (subject to hydrolysis) is 1. The van der Waals surface area contributed by atoms with E-state index in [-0.39, 0.29) is 46.0 Å². The molecule has 196 valence electrons. The van der Waals surface area contributed by atoms with Gasteiger partial charge in [-0.25, -0.2) is 9.18 Å². The fourth-order valence-electron chi connectivity index (χ4n) is 4.99. The average molecular weight is 549 g/mol. The molecule has 2 aromatic rings. The lowest BCUT2D eigenvalue weighted by atomic mass is 9.92. The van der Waals surface area contributed by atoms with Crippen LogP contribution in [0.2, 0.25) is 5.02 Å². The molecule has 9 nitrogen and oxygen atoms in total. The van der Waals surface area contributed by atoms with Gasteiger partial charge in [-0.1, -0.05) is 17.7 Å². The van der Waals surface area contributed by atoms with Crippen LogP contribution in [-0.2, 0) is 20.3 Å². The molecule has 1 unspecified atom stereocenters. The number of hydrogen-bond acceptors (Lipinski definition) is 6. The van der Waals surface area contributed by atoms with Crippen LogP contribution < -0.4 is 10.2 Å². The van der Waals surface area contributed by atoms with Crippen LogP contribution in [0.5, 0.6) is 0 Å². The summed E-state index contributed by atoms with van der Waals surface area (Å²) in [6.45, 7) is 4.27. The SMILES string of the molecule is C[C@@H]1CN(C(=O)c2ccc(S(=O)CC(=O)N3CC4(COC(=O)N4)C3)c(Cl)c2)CCN1c1cccc(F)c1. The van der Waals surface area contributed by atoms with E-state index in [0.29, 0.717) is 38.3 Å². The molecule has 3 aliphatic rings. The Balaban J connectivity index is 1.18. The molecule has 3 heterocycles. The molecular weight excluding hydrogens is 523 g/mol. The zero-order valence-corrected chi connectivity index (χ0v) is 21.7. The maximum Gasteiger partial charge on any atom is 0.407 e. The fourth-order valence-corrected chi connectivity index (χ4v) is 6.48. The van der Waals surface area contributed by atoms with E-state index in [9.17, 15) is 23.0 Å². The molecule has 0 bridgehead atoms. The Hall–Kier alpha value is -3.18. The number of rotatable bonds is 5. The minimum atomic E-state index is -1.70. The number of amides is 3. The Labute approximate surface area is 220 Å². The van der Waals surface area contributed by atoms with Crippen molar-refractivity contribution in [3.63, 3.8) is 0 Å². The van der Waals surface area contributed by atoms with E-state index in [4.69, 9.17) is 16.3 Å². The third-order valence-electron chi connectivity index (χ3n) is 6.92. The van der Waals surface area contributed by atoms with Crippen molar-refractivity contribution in [2.75, 3.05) is 50.0 Å². The van der Waals surface area contributed by atoms with Gasteiger partial charge in [0.25, 0.3) is 5.91 Å². The highest BCUT2D eigenvalue weighted by atomic mass is 35.5. The zero-order valence-electron chi connectivity index (χ0n) is 20.1. The molecule has 37 heavy (non-hydrogen) atoms. The van der Waals surface area contributed by atoms with Gasteiger partial charge in [0, 0.05) is 50.0 Å². The second-order valence-corrected chi connectivity index (χ2v) is 11.5. The normalized spacial score (nSPS) is 21.3. The smallest absolute Gasteiger partial charge is 0.407 e. The molecule has 2 atom stereocenters. The molecule has 0 radical (unpaired) electrons. The summed E-state index contributed by atoms with van der Waals surface area (Å²) < 4.78 is 31.4. The predicted molar refractivity (Wildman–Crippen MR) is 136 cm³/mol. The van der Waals surface area contributed by atoms with Crippen molar-refractivity contribution in [3.05, 3.63) is 58.9 Å². The van der Waals surface area contributed by atoms with E-state index in [1.807, 2.05) is 13.0 Å². The molecular formula is C25H26ClFN4O5S. The molecule has 0 aliphatic carbocycles. The number of nitrogens with zero attached hydrogens (tertiary/aromatic N) is 3. The van der Waals surface area contributed by atoms with Gasteiger partial charge in [-0.3, -0.25) is 13.8 Å². The van der Waals surface area contributed by atoms with Crippen LogP contribution in [0, 0.1) is 5.82 Å². The molecule has 2 aromatic carbocycles. The maximum absolute atomic E-state index is 13.6. The zero-order chi connectivity index (χ0) is 26.3. The number of anilines is 1. The number of nitrogens with one attached hydrogen (secondary N) is 1. The first kappa shape index (κ1) is 25.5. The Bertz CT molecular complexity index is 1290. The summed E-state index contributed by atoms with van der Waals surface area (Å²) in [6, 6.07) is 11.0. The van der Waals surface area contributed by atoms with Crippen molar-refractivity contribution in [2.45, 2.75) is 23.4 Å².